The van der Waals surface area contributed by atoms with Gasteiger partial charge in [0.25, 0.3) is 11.8 Å². The Morgan fingerprint density at radius 3 is 2.63 bits per heavy atom. The third-order valence-electron chi connectivity index (χ3n) is 5.48. The summed E-state index contributed by atoms with van der Waals surface area (Å²) < 4.78 is 29.5. The summed E-state index contributed by atoms with van der Waals surface area (Å²) >= 11 is 0. The number of rotatable bonds is 5. The summed E-state index contributed by atoms with van der Waals surface area (Å²) in [5.41, 5.74) is 1.85. The highest BCUT2D eigenvalue weighted by Gasteiger charge is 2.30. The van der Waals surface area contributed by atoms with Crippen LogP contribution < -0.4 is 10.6 Å². The summed E-state index contributed by atoms with van der Waals surface area (Å²) in [6.45, 7) is 2.94. The van der Waals surface area contributed by atoms with Gasteiger partial charge in [-0.05, 0) is 24.5 Å². The van der Waals surface area contributed by atoms with Crippen molar-refractivity contribution >= 4 is 11.7 Å². The van der Waals surface area contributed by atoms with Crippen molar-refractivity contribution in [1.82, 2.24) is 15.1 Å². The van der Waals surface area contributed by atoms with E-state index in [0.717, 1.165) is 18.9 Å². The molecule has 1 aromatic heterocycles. The molecule has 0 saturated heterocycles. The Hall–Kier alpha value is -3.22. The number of benzene rings is 2. The second kappa shape index (κ2) is 7.89. The number of alkyl halides is 2. The first kappa shape index (κ1) is 20.1. The molecular formula is C23H24F2N4O. The van der Waals surface area contributed by atoms with Gasteiger partial charge >= 0.3 is 0 Å². The van der Waals surface area contributed by atoms with Crippen LogP contribution >= 0.6 is 0 Å². The third kappa shape index (κ3) is 3.92. The van der Waals surface area contributed by atoms with Gasteiger partial charge in [0.15, 0.2) is 0 Å². The highest BCUT2D eigenvalue weighted by Crippen LogP contribution is 2.36. The van der Waals surface area contributed by atoms with E-state index in [9.17, 15) is 13.6 Å². The summed E-state index contributed by atoms with van der Waals surface area (Å²) in [6.07, 6.45) is 2.38. The molecule has 0 fully saturated rings. The fourth-order valence-electron chi connectivity index (χ4n) is 3.95. The molecule has 0 bridgehead atoms. The van der Waals surface area contributed by atoms with Crippen LogP contribution in [0, 0.1) is 0 Å². The van der Waals surface area contributed by atoms with Gasteiger partial charge < -0.3 is 10.6 Å². The topological polar surface area (TPSA) is 59.0 Å². The van der Waals surface area contributed by atoms with E-state index in [-0.39, 0.29) is 30.1 Å². The lowest BCUT2D eigenvalue weighted by atomic mass is 9.98. The van der Waals surface area contributed by atoms with Crippen LogP contribution in [0.5, 0.6) is 0 Å². The molecule has 2 aromatic carbocycles. The van der Waals surface area contributed by atoms with Crippen molar-refractivity contribution in [1.29, 1.82) is 0 Å². The number of aromatic nitrogens is 2. The average molecular weight is 410 g/mol. The van der Waals surface area contributed by atoms with Gasteiger partial charge in [0.2, 0.25) is 0 Å². The summed E-state index contributed by atoms with van der Waals surface area (Å²) in [5.74, 6) is -2.67. The van der Waals surface area contributed by atoms with Crippen LogP contribution in [0.1, 0.15) is 59.4 Å². The lowest BCUT2D eigenvalue weighted by Crippen LogP contribution is -2.29. The molecule has 1 aliphatic heterocycles. The Labute approximate surface area is 174 Å². The monoisotopic (exact) mass is 410 g/mol. The number of amides is 1. The summed E-state index contributed by atoms with van der Waals surface area (Å²) in [5, 5.41) is 10.6. The number of carbonyl (C=O) groups excluding carboxylic acids is 1. The zero-order valence-electron chi connectivity index (χ0n) is 16.9. The van der Waals surface area contributed by atoms with Crippen LogP contribution in [0.15, 0.2) is 60.8 Å². The number of carbonyl (C=O) groups is 1. The number of nitrogens with zero attached hydrogens (tertiary/aromatic N) is 2. The highest BCUT2D eigenvalue weighted by molar-refractivity contribution is 5.98. The maximum Gasteiger partial charge on any atom is 0.270 e. The molecule has 1 aliphatic rings. The van der Waals surface area contributed by atoms with Crippen molar-refractivity contribution in [2.45, 2.75) is 44.8 Å². The van der Waals surface area contributed by atoms with Crippen LogP contribution in [0.3, 0.4) is 0 Å². The van der Waals surface area contributed by atoms with Crippen LogP contribution in [0.25, 0.3) is 0 Å². The summed E-state index contributed by atoms with van der Waals surface area (Å²) in [4.78, 5) is 12.9. The van der Waals surface area contributed by atoms with Crippen LogP contribution in [-0.2, 0) is 12.5 Å². The molecule has 7 heteroatoms. The van der Waals surface area contributed by atoms with Crippen LogP contribution in [0.4, 0.5) is 14.6 Å². The minimum absolute atomic E-state index is 0.0146. The molecule has 2 atom stereocenters. The summed E-state index contributed by atoms with van der Waals surface area (Å²) in [7, 11) is 0. The first-order valence-electron chi connectivity index (χ1n) is 9.98. The molecule has 0 saturated carbocycles. The quantitative estimate of drug-likeness (QED) is 0.619. The molecule has 2 unspecified atom stereocenters. The maximum absolute atomic E-state index is 13.8. The van der Waals surface area contributed by atoms with Crippen molar-refractivity contribution in [2.75, 3.05) is 5.32 Å². The van der Waals surface area contributed by atoms with Crippen molar-refractivity contribution in [3.63, 3.8) is 0 Å². The largest absolute Gasteiger partial charge is 0.363 e. The van der Waals surface area contributed by atoms with Crippen molar-refractivity contribution in [3.8, 4) is 0 Å². The van der Waals surface area contributed by atoms with E-state index in [1.165, 1.54) is 12.3 Å². The Balaban J connectivity index is 1.54. The Morgan fingerprint density at radius 1 is 1.20 bits per heavy atom. The molecule has 4 rings (SSSR count). The van der Waals surface area contributed by atoms with Crippen LogP contribution in [-0.4, -0.2) is 15.7 Å². The van der Waals surface area contributed by atoms with Gasteiger partial charge in [-0.15, -0.1) is 0 Å². The molecule has 0 spiro atoms. The predicted octanol–water partition coefficient (Wildman–Crippen LogP) is 5.04. The Bertz CT molecular complexity index is 1040. The smallest absolute Gasteiger partial charge is 0.270 e. The number of nitrogens with one attached hydrogen (secondary N) is 2. The van der Waals surface area contributed by atoms with Crippen molar-refractivity contribution < 1.29 is 13.6 Å². The van der Waals surface area contributed by atoms with E-state index in [1.807, 2.05) is 22.9 Å². The third-order valence-corrected chi connectivity index (χ3v) is 5.48. The molecule has 2 heterocycles. The van der Waals surface area contributed by atoms with E-state index < -0.39 is 5.92 Å². The highest BCUT2D eigenvalue weighted by atomic mass is 19.3. The fraction of sp³-hybridized carbons (Fsp3) is 0.304. The Kier molecular flexibility index (Phi) is 5.28. The normalized spacial score (nSPS) is 18.4. The average Bonchev–Trinajstić information content (AvgIpc) is 3.17. The number of fused-ring (bicyclic) bond motifs is 1. The van der Waals surface area contributed by atoms with Gasteiger partial charge in [-0.2, -0.15) is 5.10 Å². The number of halogens is 2. The molecule has 0 radical (unpaired) electrons. The standard InChI is InChI=1S/C23H24F2N4O/c1-15-12-20(16-8-4-3-5-9-16)28-21-18(14-27-29(15)21)22(30)26-13-17-10-6-7-11-19(17)23(2,24)25/h3-11,14-15,20,28H,12-13H2,1-2H3,(H,26,30). The maximum atomic E-state index is 13.8. The van der Waals surface area contributed by atoms with Crippen LogP contribution in [0.2, 0.25) is 0 Å². The number of hydrogen-bond acceptors (Lipinski definition) is 3. The predicted molar refractivity (Wildman–Crippen MR) is 112 cm³/mol. The van der Waals surface area contributed by atoms with E-state index in [2.05, 4.69) is 34.8 Å². The number of anilines is 1. The van der Waals surface area contributed by atoms with Gasteiger partial charge in [0.05, 0.1) is 18.3 Å². The minimum atomic E-state index is -2.97. The van der Waals surface area contributed by atoms with Crippen molar-refractivity contribution in [3.05, 3.63) is 83.0 Å². The van der Waals surface area contributed by atoms with E-state index >= 15 is 0 Å². The first-order valence-corrected chi connectivity index (χ1v) is 9.98. The SMILES string of the molecule is CC1CC(c2ccccc2)Nc2c(C(=O)NCc3ccccc3C(C)(F)F)cnn21. The van der Waals surface area contributed by atoms with E-state index in [1.54, 1.807) is 18.2 Å². The molecule has 5 nitrogen and oxygen atoms in total. The molecule has 2 N–H and O–H groups in total. The fourth-order valence-corrected chi connectivity index (χ4v) is 3.95. The zero-order valence-corrected chi connectivity index (χ0v) is 16.9. The molecule has 0 aliphatic carbocycles. The minimum Gasteiger partial charge on any atom is -0.363 e. The summed E-state index contributed by atoms with van der Waals surface area (Å²) in [6, 6.07) is 16.5. The first-order chi connectivity index (χ1) is 14.3. The molecule has 30 heavy (non-hydrogen) atoms. The van der Waals surface area contributed by atoms with Gasteiger partial charge in [-0.3, -0.25) is 4.79 Å². The molecule has 156 valence electrons. The molecular weight excluding hydrogens is 386 g/mol. The van der Waals surface area contributed by atoms with E-state index in [0.29, 0.717) is 16.9 Å². The van der Waals surface area contributed by atoms with Gasteiger partial charge in [0.1, 0.15) is 11.4 Å². The Morgan fingerprint density at radius 2 is 1.90 bits per heavy atom. The van der Waals surface area contributed by atoms with Gasteiger partial charge in [-0.1, -0.05) is 54.6 Å². The van der Waals surface area contributed by atoms with E-state index in [4.69, 9.17) is 0 Å². The molecule has 1 amide bonds. The second-order valence-corrected chi connectivity index (χ2v) is 7.77. The second-order valence-electron chi connectivity index (χ2n) is 7.77. The van der Waals surface area contributed by atoms with Gasteiger partial charge in [0, 0.05) is 19.0 Å². The zero-order chi connectivity index (χ0) is 21.3. The van der Waals surface area contributed by atoms with Gasteiger partial charge in [-0.25, -0.2) is 13.5 Å². The van der Waals surface area contributed by atoms with Crippen molar-refractivity contribution in [2.24, 2.45) is 0 Å². The lowest BCUT2D eigenvalue weighted by molar-refractivity contribution is 0.0164. The molecule has 3 aromatic rings. The lowest BCUT2D eigenvalue weighted by Gasteiger charge is -2.31. The number of hydrogen-bond donors (Lipinski definition) is 2.